The molecule has 2 N–H and O–H groups in total. The number of hydrogen-bond acceptors (Lipinski definition) is 7. The number of aromatic nitrogens is 3. The van der Waals surface area contributed by atoms with Gasteiger partial charge in [-0.15, -0.1) is 23.7 Å². The van der Waals surface area contributed by atoms with Crippen LogP contribution >= 0.6 is 23.7 Å². The Balaban J connectivity index is 0.00000176. The van der Waals surface area contributed by atoms with Crippen molar-refractivity contribution in [1.29, 1.82) is 0 Å². The Morgan fingerprint density at radius 2 is 2.18 bits per heavy atom. The molecule has 1 unspecified atom stereocenters. The van der Waals surface area contributed by atoms with Gasteiger partial charge in [-0.05, 0) is 26.7 Å². The van der Waals surface area contributed by atoms with Crippen molar-refractivity contribution in [3.63, 3.8) is 0 Å². The molecule has 1 aliphatic rings. The van der Waals surface area contributed by atoms with Crippen molar-refractivity contribution in [2.45, 2.75) is 51.2 Å². The fourth-order valence-corrected chi connectivity index (χ4v) is 3.49. The third kappa shape index (κ3) is 3.32. The standard InChI is InChI=1S/C14H20N4O2S.ClH/c1-3-19-9(2)12-16-8-10(21-12)11-17-13(18-20-11)14(15)6-4-5-7-14;/h8-9H,3-7,15H2,1-2H3;1H. The van der Waals surface area contributed by atoms with E-state index >= 15 is 0 Å². The van der Waals surface area contributed by atoms with Crippen molar-refractivity contribution >= 4 is 23.7 Å². The van der Waals surface area contributed by atoms with E-state index < -0.39 is 5.54 Å². The topological polar surface area (TPSA) is 87.1 Å². The van der Waals surface area contributed by atoms with Gasteiger partial charge in [-0.1, -0.05) is 18.0 Å². The molecule has 1 saturated carbocycles. The molecule has 0 bridgehead atoms. The van der Waals surface area contributed by atoms with Crippen LogP contribution in [0.5, 0.6) is 0 Å². The van der Waals surface area contributed by atoms with Gasteiger partial charge in [-0.2, -0.15) is 4.98 Å². The van der Waals surface area contributed by atoms with E-state index in [1.807, 2.05) is 13.8 Å². The maximum atomic E-state index is 6.35. The normalized spacial score (nSPS) is 18.1. The second-order valence-electron chi connectivity index (χ2n) is 5.45. The molecule has 122 valence electrons. The molecule has 0 amide bonds. The third-order valence-corrected chi connectivity index (χ3v) is 5.01. The Kier molecular flexibility index (Phi) is 5.55. The first-order valence-electron chi connectivity index (χ1n) is 7.33. The van der Waals surface area contributed by atoms with Crippen LogP contribution in [0.2, 0.25) is 0 Å². The van der Waals surface area contributed by atoms with E-state index in [2.05, 4.69) is 15.1 Å². The average Bonchev–Trinajstić information content (AvgIpc) is 3.19. The SMILES string of the molecule is CCOC(C)c1ncc(-c2nc(C3(N)CCCC3)no2)s1.Cl. The van der Waals surface area contributed by atoms with Crippen LogP contribution in [0, 0.1) is 0 Å². The number of rotatable bonds is 5. The summed E-state index contributed by atoms with van der Waals surface area (Å²) in [5.74, 6) is 1.11. The Morgan fingerprint density at radius 3 is 2.86 bits per heavy atom. The van der Waals surface area contributed by atoms with E-state index in [-0.39, 0.29) is 18.5 Å². The highest BCUT2D eigenvalue weighted by atomic mass is 35.5. The summed E-state index contributed by atoms with van der Waals surface area (Å²) < 4.78 is 10.9. The van der Waals surface area contributed by atoms with E-state index in [0.717, 1.165) is 35.6 Å². The highest BCUT2D eigenvalue weighted by Gasteiger charge is 2.36. The van der Waals surface area contributed by atoms with Gasteiger partial charge in [-0.3, -0.25) is 0 Å². The monoisotopic (exact) mass is 344 g/mol. The molecule has 1 fully saturated rings. The molecule has 3 rings (SSSR count). The molecule has 2 aromatic rings. The van der Waals surface area contributed by atoms with Crippen molar-refractivity contribution in [3.05, 3.63) is 17.0 Å². The van der Waals surface area contributed by atoms with Crippen molar-refractivity contribution < 1.29 is 9.26 Å². The van der Waals surface area contributed by atoms with Crippen molar-refractivity contribution in [2.75, 3.05) is 6.61 Å². The number of thiazole rings is 1. The largest absolute Gasteiger partial charge is 0.372 e. The summed E-state index contributed by atoms with van der Waals surface area (Å²) in [4.78, 5) is 9.71. The molecule has 8 heteroatoms. The highest BCUT2D eigenvalue weighted by molar-refractivity contribution is 7.15. The molecule has 0 aromatic carbocycles. The zero-order chi connectivity index (χ0) is 14.9. The van der Waals surface area contributed by atoms with Crippen LogP contribution in [0.1, 0.15) is 56.5 Å². The van der Waals surface area contributed by atoms with Gasteiger partial charge in [0.1, 0.15) is 16.0 Å². The summed E-state index contributed by atoms with van der Waals surface area (Å²) in [6.45, 7) is 4.62. The van der Waals surface area contributed by atoms with Gasteiger partial charge in [0.25, 0.3) is 5.89 Å². The Hall–Kier alpha value is -1.02. The Labute approximate surface area is 139 Å². The summed E-state index contributed by atoms with van der Waals surface area (Å²) in [6.07, 6.45) is 5.81. The molecule has 2 heterocycles. The average molecular weight is 345 g/mol. The van der Waals surface area contributed by atoms with Crippen LogP contribution in [0.4, 0.5) is 0 Å². The van der Waals surface area contributed by atoms with E-state index in [9.17, 15) is 0 Å². The van der Waals surface area contributed by atoms with Crippen molar-refractivity contribution in [1.82, 2.24) is 15.1 Å². The minimum Gasteiger partial charge on any atom is -0.372 e. The van der Waals surface area contributed by atoms with Crippen molar-refractivity contribution in [2.24, 2.45) is 5.73 Å². The van der Waals surface area contributed by atoms with Gasteiger partial charge < -0.3 is 15.0 Å². The molecule has 6 nitrogen and oxygen atoms in total. The summed E-state index contributed by atoms with van der Waals surface area (Å²) in [5.41, 5.74) is 5.92. The number of halogens is 1. The molecule has 0 saturated heterocycles. The number of nitrogens with zero attached hydrogens (tertiary/aromatic N) is 3. The lowest BCUT2D eigenvalue weighted by Gasteiger charge is -2.17. The minimum atomic E-state index is -0.423. The van der Waals surface area contributed by atoms with Gasteiger partial charge in [-0.25, -0.2) is 4.98 Å². The molecule has 1 aliphatic carbocycles. The molecular formula is C14H21ClN4O2S. The molecule has 1 atom stereocenters. The third-order valence-electron chi connectivity index (χ3n) is 3.87. The fourth-order valence-electron chi connectivity index (χ4n) is 2.65. The molecule has 22 heavy (non-hydrogen) atoms. The number of ether oxygens (including phenoxy) is 1. The highest BCUT2D eigenvalue weighted by Crippen LogP contribution is 2.36. The summed E-state index contributed by atoms with van der Waals surface area (Å²) in [6, 6.07) is 0. The predicted molar refractivity (Wildman–Crippen MR) is 87.0 cm³/mol. The van der Waals surface area contributed by atoms with Crippen LogP contribution in [0.25, 0.3) is 10.8 Å². The van der Waals surface area contributed by atoms with Gasteiger partial charge in [0.15, 0.2) is 5.82 Å². The summed E-state index contributed by atoms with van der Waals surface area (Å²) in [5, 5.41) is 4.99. The van der Waals surface area contributed by atoms with E-state index in [1.54, 1.807) is 6.20 Å². The van der Waals surface area contributed by atoms with E-state index in [0.29, 0.717) is 18.3 Å². The number of nitrogens with two attached hydrogens (primary N) is 1. The van der Waals surface area contributed by atoms with Crippen LogP contribution in [-0.2, 0) is 10.3 Å². The van der Waals surface area contributed by atoms with Gasteiger partial charge in [0, 0.05) is 6.61 Å². The molecule has 2 aromatic heterocycles. The second-order valence-corrected chi connectivity index (χ2v) is 6.51. The second kappa shape index (κ2) is 7.04. The minimum absolute atomic E-state index is 0. The van der Waals surface area contributed by atoms with Crippen LogP contribution in [0.3, 0.4) is 0 Å². The maximum Gasteiger partial charge on any atom is 0.269 e. The van der Waals surface area contributed by atoms with Crippen molar-refractivity contribution in [3.8, 4) is 10.8 Å². The Morgan fingerprint density at radius 1 is 1.45 bits per heavy atom. The zero-order valence-corrected chi connectivity index (χ0v) is 14.4. The van der Waals surface area contributed by atoms with Gasteiger partial charge in [0.05, 0.1) is 11.7 Å². The Bertz CT molecular complexity index is 610. The molecule has 0 spiro atoms. The van der Waals surface area contributed by atoms with E-state index in [1.165, 1.54) is 11.3 Å². The number of hydrogen-bond donors (Lipinski definition) is 1. The molecule has 0 aliphatic heterocycles. The lowest BCUT2D eigenvalue weighted by Crippen LogP contribution is -2.34. The lowest BCUT2D eigenvalue weighted by atomic mass is 9.99. The first-order chi connectivity index (χ1) is 10.1. The summed E-state index contributed by atoms with van der Waals surface area (Å²) in [7, 11) is 0. The first-order valence-corrected chi connectivity index (χ1v) is 8.15. The van der Waals surface area contributed by atoms with Gasteiger partial charge in [0.2, 0.25) is 0 Å². The van der Waals surface area contributed by atoms with Crippen LogP contribution in [0.15, 0.2) is 10.7 Å². The quantitative estimate of drug-likeness (QED) is 0.893. The summed E-state index contributed by atoms with van der Waals surface area (Å²) >= 11 is 1.52. The lowest BCUT2D eigenvalue weighted by molar-refractivity contribution is 0.0762. The van der Waals surface area contributed by atoms with Crippen LogP contribution in [-0.4, -0.2) is 21.7 Å². The first kappa shape index (κ1) is 17.3. The maximum absolute atomic E-state index is 6.35. The van der Waals surface area contributed by atoms with Gasteiger partial charge >= 0.3 is 0 Å². The van der Waals surface area contributed by atoms with E-state index in [4.69, 9.17) is 15.0 Å². The zero-order valence-electron chi connectivity index (χ0n) is 12.7. The molecule has 0 radical (unpaired) electrons. The van der Waals surface area contributed by atoms with Crippen LogP contribution < -0.4 is 5.73 Å². The molecular weight excluding hydrogens is 324 g/mol. The smallest absolute Gasteiger partial charge is 0.269 e. The fraction of sp³-hybridized carbons (Fsp3) is 0.643. The predicted octanol–water partition coefficient (Wildman–Crippen LogP) is 3.44.